The number of fused-ring (bicyclic) bond motifs is 2. The van der Waals surface area contributed by atoms with Gasteiger partial charge in [0.2, 0.25) is 0 Å². The molecule has 4 nitrogen and oxygen atoms in total. The van der Waals surface area contributed by atoms with Gasteiger partial charge in [0.1, 0.15) is 6.61 Å². The third-order valence-corrected chi connectivity index (χ3v) is 3.25. The Kier molecular flexibility index (Phi) is 2.24. The van der Waals surface area contributed by atoms with Crippen LogP contribution >= 0.6 is 0 Å². The lowest BCUT2D eigenvalue weighted by Crippen LogP contribution is -2.44. The summed E-state index contributed by atoms with van der Waals surface area (Å²) in [4.78, 5) is 2.25. The van der Waals surface area contributed by atoms with Gasteiger partial charge in [-0.05, 0) is 19.4 Å². The predicted octanol–water partition coefficient (Wildman–Crippen LogP) is -0.444. The van der Waals surface area contributed by atoms with Crippen LogP contribution in [0.2, 0.25) is 0 Å². The van der Waals surface area contributed by atoms with E-state index < -0.39 is 0 Å². The summed E-state index contributed by atoms with van der Waals surface area (Å²) in [5.74, 6) is 0.568. The molecule has 2 N–H and O–H groups in total. The highest BCUT2D eigenvalue weighted by atomic mass is 16.5. The number of rotatable bonds is 2. The van der Waals surface area contributed by atoms with Gasteiger partial charge in [0.25, 0.3) is 0 Å². The summed E-state index contributed by atoms with van der Waals surface area (Å²) in [6, 6.07) is 2.58. The van der Waals surface area contributed by atoms with Crippen molar-refractivity contribution in [2.75, 3.05) is 20.2 Å². The lowest BCUT2D eigenvalue weighted by molar-refractivity contribution is 0.0118. The second-order valence-corrected chi connectivity index (χ2v) is 4.01. The summed E-state index contributed by atoms with van der Waals surface area (Å²) in [7, 11) is 2.08. The summed E-state index contributed by atoms with van der Waals surface area (Å²) in [5, 5.41) is 8.41. The lowest BCUT2D eigenvalue weighted by Gasteiger charge is -2.29. The van der Waals surface area contributed by atoms with Crippen LogP contribution in [-0.4, -0.2) is 43.3 Å². The van der Waals surface area contributed by atoms with Gasteiger partial charge in [-0.3, -0.25) is 4.90 Å². The van der Waals surface area contributed by atoms with E-state index in [9.17, 15) is 0 Å². The molecule has 0 aromatic carbocycles. The fourth-order valence-electron chi connectivity index (χ4n) is 2.70. The van der Waals surface area contributed by atoms with E-state index in [1.54, 1.807) is 0 Å². The summed E-state index contributed by atoms with van der Waals surface area (Å²) in [5.41, 5.74) is 6.03. The van der Waals surface area contributed by atoms with Gasteiger partial charge in [-0.25, -0.2) is 0 Å². The van der Waals surface area contributed by atoms with Crippen LogP contribution in [0.1, 0.15) is 6.42 Å². The second-order valence-electron chi connectivity index (χ2n) is 4.01. The monoisotopic (exact) mass is 181 g/mol. The Bertz CT molecular complexity index is 238. The highest BCUT2D eigenvalue weighted by Crippen LogP contribution is 2.37. The number of likely N-dealkylation sites (N-methyl/N-ethyl adjacent to an activating group) is 1. The van der Waals surface area contributed by atoms with E-state index in [2.05, 4.69) is 11.9 Å². The largest absolute Gasteiger partial charge is 0.362 e. The van der Waals surface area contributed by atoms with Crippen LogP contribution in [0.5, 0.6) is 0 Å². The number of hydrogen-bond donors (Lipinski definition) is 1. The first-order chi connectivity index (χ1) is 6.24. The number of nitrogens with zero attached hydrogens (tertiary/aromatic N) is 2. The Labute approximate surface area is 78.3 Å². The van der Waals surface area contributed by atoms with Gasteiger partial charge < -0.3 is 10.5 Å². The van der Waals surface area contributed by atoms with Crippen LogP contribution in [-0.2, 0) is 4.74 Å². The highest BCUT2D eigenvalue weighted by molar-refractivity contribution is 5.06. The minimum absolute atomic E-state index is 0.179. The third-order valence-electron chi connectivity index (χ3n) is 3.25. The van der Waals surface area contributed by atoms with E-state index in [0.717, 1.165) is 13.0 Å². The van der Waals surface area contributed by atoms with Crippen molar-refractivity contribution in [1.82, 2.24) is 4.90 Å². The highest BCUT2D eigenvalue weighted by Gasteiger charge is 2.49. The van der Waals surface area contributed by atoms with Gasteiger partial charge in [0.15, 0.2) is 0 Å². The van der Waals surface area contributed by atoms with Crippen LogP contribution in [0, 0.1) is 17.2 Å². The molecule has 0 radical (unpaired) electrons. The second kappa shape index (κ2) is 3.26. The number of nitrogens with two attached hydrogens (primary N) is 1. The predicted molar refractivity (Wildman–Crippen MR) is 47.9 cm³/mol. The zero-order valence-electron chi connectivity index (χ0n) is 7.81. The number of ether oxygens (including phenoxy) is 1. The van der Waals surface area contributed by atoms with Gasteiger partial charge in [0, 0.05) is 12.6 Å². The van der Waals surface area contributed by atoms with E-state index in [-0.39, 0.29) is 18.8 Å². The standard InChI is InChI=1S/C9H15N3O/c1-12-5-6-4-7(13-3-2-10)9(12)8(6)11/h6-9H,3-5,11H2,1H3/t6-,7+,8-,9-/m1/s1. The van der Waals surface area contributed by atoms with Crippen molar-refractivity contribution < 1.29 is 4.74 Å². The van der Waals surface area contributed by atoms with Gasteiger partial charge in [-0.15, -0.1) is 0 Å². The zero-order valence-corrected chi connectivity index (χ0v) is 7.81. The Morgan fingerprint density at radius 3 is 3.00 bits per heavy atom. The SMILES string of the molecule is CN1C[C@H]2C[C@H](OCC#N)[C@@H]1[C@@H]2N. The van der Waals surface area contributed by atoms with E-state index in [0.29, 0.717) is 12.0 Å². The molecule has 0 amide bonds. The number of nitriles is 1. The fraction of sp³-hybridized carbons (Fsp3) is 0.889. The minimum atomic E-state index is 0.179. The molecule has 72 valence electrons. The van der Waals surface area contributed by atoms with Crippen LogP contribution in [0.25, 0.3) is 0 Å². The molecule has 2 bridgehead atoms. The van der Waals surface area contributed by atoms with Gasteiger partial charge in [-0.1, -0.05) is 0 Å². The normalized spacial score (nSPS) is 43.8. The molecule has 1 saturated carbocycles. The Balaban J connectivity index is 1.99. The molecule has 1 saturated heterocycles. The average molecular weight is 181 g/mol. The van der Waals surface area contributed by atoms with Crippen molar-refractivity contribution >= 4 is 0 Å². The molecule has 2 aliphatic rings. The summed E-state index contributed by atoms with van der Waals surface area (Å²) in [6.07, 6.45) is 1.20. The van der Waals surface area contributed by atoms with Gasteiger partial charge in [-0.2, -0.15) is 5.26 Å². The minimum Gasteiger partial charge on any atom is -0.362 e. The molecular weight excluding hydrogens is 166 g/mol. The maximum atomic E-state index is 8.41. The van der Waals surface area contributed by atoms with Crippen molar-refractivity contribution in [2.45, 2.75) is 24.6 Å². The molecule has 1 heterocycles. The number of hydrogen-bond acceptors (Lipinski definition) is 4. The first-order valence-electron chi connectivity index (χ1n) is 4.68. The summed E-state index contributed by atoms with van der Waals surface area (Å²) < 4.78 is 5.44. The molecule has 1 aliphatic heterocycles. The molecule has 0 unspecified atom stereocenters. The van der Waals surface area contributed by atoms with Crippen molar-refractivity contribution in [1.29, 1.82) is 5.26 Å². The van der Waals surface area contributed by atoms with Crippen LogP contribution in [0.4, 0.5) is 0 Å². The van der Waals surface area contributed by atoms with Crippen LogP contribution < -0.4 is 5.73 Å². The fourth-order valence-corrected chi connectivity index (χ4v) is 2.70. The number of piperidine rings is 1. The molecular formula is C9H15N3O. The van der Waals surface area contributed by atoms with Crippen molar-refractivity contribution in [3.8, 4) is 6.07 Å². The van der Waals surface area contributed by atoms with E-state index in [4.69, 9.17) is 15.7 Å². The Hall–Kier alpha value is -0.630. The molecule has 1 aliphatic carbocycles. The molecule has 4 heteroatoms. The average Bonchev–Trinajstić information content (AvgIpc) is 2.54. The lowest BCUT2D eigenvalue weighted by atomic mass is 10.1. The summed E-state index contributed by atoms with van der Waals surface area (Å²) >= 11 is 0. The topological polar surface area (TPSA) is 62.3 Å². The Morgan fingerprint density at radius 2 is 2.46 bits per heavy atom. The van der Waals surface area contributed by atoms with Crippen LogP contribution in [0.3, 0.4) is 0 Å². The van der Waals surface area contributed by atoms with E-state index >= 15 is 0 Å². The third kappa shape index (κ3) is 1.33. The number of likely N-dealkylation sites (tertiary alicyclic amines) is 1. The molecule has 13 heavy (non-hydrogen) atoms. The molecule has 4 atom stereocenters. The first kappa shape index (κ1) is 8.95. The zero-order chi connectivity index (χ0) is 9.42. The van der Waals surface area contributed by atoms with E-state index in [1.807, 2.05) is 6.07 Å². The molecule has 2 fully saturated rings. The van der Waals surface area contributed by atoms with Gasteiger partial charge in [0.05, 0.1) is 18.2 Å². The maximum Gasteiger partial charge on any atom is 0.134 e. The molecule has 0 aromatic rings. The smallest absolute Gasteiger partial charge is 0.134 e. The van der Waals surface area contributed by atoms with Crippen molar-refractivity contribution in [2.24, 2.45) is 11.7 Å². The van der Waals surface area contributed by atoms with Gasteiger partial charge >= 0.3 is 0 Å². The van der Waals surface area contributed by atoms with Crippen molar-refractivity contribution in [3.63, 3.8) is 0 Å². The Morgan fingerprint density at radius 1 is 1.69 bits per heavy atom. The molecule has 2 rings (SSSR count). The summed E-state index contributed by atoms with van der Waals surface area (Å²) in [6.45, 7) is 1.27. The molecule has 0 spiro atoms. The first-order valence-corrected chi connectivity index (χ1v) is 4.68. The van der Waals surface area contributed by atoms with Crippen LogP contribution in [0.15, 0.2) is 0 Å². The quantitative estimate of drug-likeness (QED) is 0.627. The van der Waals surface area contributed by atoms with Crippen molar-refractivity contribution in [3.05, 3.63) is 0 Å². The van der Waals surface area contributed by atoms with E-state index in [1.165, 1.54) is 0 Å². The molecule has 0 aromatic heterocycles. The maximum absolute atomic E-state index is 8.41.